The van der Waals surface area contributed by atoms with Crippen LogP contribution in [-0.4, -0.2) is 57.9 Å². The van der Waals surface area contributed by atoms with E-state index in [0.29, 0.717) is 12.0 Å². The van der Waals surface area contributed by atoms with Crippen LogP contribution in [0.4, 0.5) is 0 Å². The lowest BCUT2D eigenvalue weighted by Crippen LogP contribution is -2.26. The van der Waals surface area contributed by atoms with Gasteiger partial charge in [0.05, 0.1) is 5.69 Å². The van der Waals surface area contributed by atoms with E-state index in [9.17, 15) is 0 Å². The molecular formula is C33H45ClN6OS. The van der Waals surface area contributed by atoms with Crippen LogP contribution in [0.1, 0.15) is 50.8 Å². The molecular weight excluding hydrogens is 564 g/mol. The zero-order valence-corrected chi connectivity index (χ0v) is 26.6. The number of thiazole rings is 1. The molecule has 0 bridgehead atoms. The van der Waals surface area contributed by atoms with Gasteiger partial charge in [0.2, 0.25) is 5.28 Å². The second-order valence-corrected chi connectivity index (χ2v) is 11.5. The molecule has 0 amide bonds. The molecule has 1 fully saturated rings. The highest BCUT2D eigenvalue weighted by atomic mass is 35.5. The van der Waals surface area contributed by atoms with Gasteiger partial charge < -0.3 is 20.3 Å². The third kappa shape index (κ3) is 9.31. The van der Waals surface area contributed by atoms with Gasteiger partial charge >= 0.3 is 0 Å². The third-order valence-electron chi connectivity index (χ3n) is 7.57. The number of halogens is 1. The first-order chi connectivity index (χ1) is 20.6. The van der Waals surface area contributed by atoms with Crippen molar-refractivity contribution in [2.24, 2.45) is 5.92 Å². The molecule has 2 atom stereocenters. The maximum absolute atomic E-state index is 7.00. The minimum absolute atomic E-state index is 0.282. The topological polar surface area (TPSA) is 87.9 Å². The van der Waals surface area contributed by atoms with Crippen molar-refractivity contribution < 1.29 is 5.11 Å². The molecule has 9 heteroatoms. The molecule has 1 aliphatic rings. The standard InChI is InChI=1S/C32H41ClN6S.CH4O/c1-5-10-24(8-4)13-16-34-14-9-15-35-19-25-11-12-27(18-25)39-21-29(28-20-36-32(33)38-30(28)39)31-37-26(22-40-31)17-23(6-2)7-3;1-2/h5-8,10,20-22,25,27,34-35H,1-2,4,9,11-19H2,3H3;2H,1H3/b23-7+,24-10+;/t25-,27+;/m1./s1. The fraction of sp³-hybridized carbons (Fsp3) is 0.424. The van der Waals surface area contributed by atoms with Crippen molar-refractivity contribution in [2.75, 3.05) is 33.3 Å². The highest BCUT2D eigenvalue weighted by Crippen LogP contribution is 2.40. The zero-order valence-electron chi connectivity index (χ0n) is 25.0. The summed E-state index contributed by atoms with van der Waals surface area (Å²) in [4.78, 5) is 13.9. The molecule has 0 aromatic carbocycles. The fourth-order valence-electron chi connectivity index (χ4n) is 5.36. The molecule has 3 heterocycles. The van der Waals surface area contributed by atoms with Gasteiger partial charge in [0.25, 0.3) is 0 Å². The van der Waals surface area contributed by atoms with E-state index in [4.69, 9.17) is 21.7 Å². The summed E-state index contributed by atoms with van der Waals surface area (Å²) >= 11 is 7.92. The van der Waals surface area contributed by atoms with Crippen molar-refractivity contribution in [1.82, 2.24) is 30.2 Å². The van der Waals surface area contributed by atoms with E-state index in [1.165, 1.54) is 17.6 Å². The number of aromatic nitrogens is 4. The summed E-state index contributed by atoms with van der Waals surface area (Å²) in [6.45, 7) is 17.6. The van der Waals surface area contributed by atoms with Crippen LogP contribution in [0.25, 0.3) is 21.6 Å². The van der Waals surface area contributed by atoms with Crippen LogP contribution in [-0.2, 0) is 6.42 Å². The number of fused-ring (bicyclic) bond motifs is 1. The van der Waals surface area contributed by atoms with E-state index in [1.807, 2.05) is 37.4 Å². The van der Waals surface area contributed by atoms with Gasteiger partial charge in [-0.05, 0) is 93.9 Å². The molecule has 0 radical (unpaired) electrons. The molecule has 1 saturated carbocycles. The largest absolute Gasteiger partial charge is 0.400 e. The average Bonchev–Trinajstić information content (AvgIpc) is 3.76. The second kappa shape index (κ2) is 17.9. The minimum Gasteiger partial charge on any atom is -0.400 e. The summed E-state index contributed by atoms with van der Waals surface area (Å²) in [6, 6.07) is 0.396. The van der Waals surface area contributed by atoms with E-state index in [1.54, 1.807) is 11.3 Å². The molecule has 0 saturated heterocycles. The number of aliphatic hydroxyl groups is 1. The smallest absolute Gasteiger partial charge is 0.224 e. The Morgan fingerprint density at radius 2 is 1.90 bits per heavy atom. The van der Waals surface area contributed by atoms with Crippen molar-refractivity contribution in [3.63, 3.8) is 0 Å². The molecule has 3 N–H and O–H groups in total. The van der Waals surface area contributed by atoms with Crippen molar-refractivity contribution in [2.45, 2.75) is 51.5 Å². The maximum atomic E-state index is 7.00. The average molecular weight is 609 g/mol. The van der Waals surface area contributed by atoms with Crippen LogP contribution in [0.15, 0.2) is 79.0 Å². The Bertz CT molecular complexity index is 1370. The Morgan fingerprint density at radius 1 is 1.12 bits per heavy atom. The third-order valence-corrected chi connectivity index (χ3v) is 8.68. The van der Waals surface area contributed by atoms with Gasteiger partial charge in [-0.25, -0.2) is 9.97 Å². The number of hydrogen-bond donors (Lipinski definition) is 3. The van der Waals surface area contributed by atoms with E-state index in [0.717, 1.165) is 92.7 Å². The van der Waals surface area contributed by atoms with Gasteiger partial charge in [-0.2, -0.15) is 4.98 Å². The van der Waals surface area contributed by atoms with Gasteiger partial charge in [0.1, 0.15) is 10.7 Å². The van der Waals surface area contributed by atoms with Crippen molar-refractivity contribution in [1.29, 1.82) is 0 Å². The maximum Gasteiger partial charge on any atom is 0.224 e. The second-order valence-electron chi connectivity index (χ2n) is 10.3. The lowest BCUT2D eigenvalue weighted by Gasteiger charge is -2.15. The first-order valence-corrected chi connectivity index (χ1v) is 15.9. The van der Waals surface area contributed by atoms with E-state index < -0.39 is 0 Å². The van der Waals surface area contributed by atoms with E-state index in [-0.39, 0.29) is 5.28 Å². The molecule has 1 aliphatic carbocycles. The number of rotatable bonds is 16. The van der Waals surface area contributed by atoms with Gasteiger partial charge in [-0.15, -0.1) is 11.3 Å². The predicted molar refractivity (Wildman–Crippen MR) is 179 cm³/mol. The van der Waals surface area contributed by atoms with Crippen LogP contribution in [0.2, 0.25) is 5.28 Å². The van der Waals surface area contributed by atoms with Crippen LogP contribution in [0.3, 0.4) is 0 Å². The van der Waals surface area contributed by atoms with Crippen LogP contribution in [0, 0.1) is 5.92 Å². The fourth-order valence-corrected chi connectivity index (χ4v) is 6.34. The highest BCUT2D eigenvalue weighted by molar-refractivity contribution is 7.13. The first kappa shape index (κ1) is 33.6. The number of nitrogens with zero attached hydrogens (tertiary/aromatic N) is 4. The summed E-state index contributed by atoms with van der Waals surface area (Å²) in [5, 5.41) is 18.6. The Kier molecular flexibility index (Phi) is 14.4. The van der Waals surface area contributed by atoms with Gasteiger partial charge in [-0.1, -0.05) is 50.1 Å². The monoisotopic (exact) mass is 608 g/mol. The summed E-state index contributed by atoms with van der Waals surface area (Å²) in [5.41, 5.74) is 5.43. The SMILES string of the molecule is C=C/C=C(\C=C)CCNCCCNC[C@@H]1CC[C@H](n2cc(-c3nc(C/C(C=C)=C/C)cs3)c3cnc(Cl)nc32)C1.CO. The summed E-state index contributed by atoms with van der Waals surface area (Å²) in [6.07, 6.45) is 20.1. The Balaban J connectivity index is 0.00000237. The number of allylic oxidation sites excluding steroid dienone is 6. The van der Waals surface area contributed by atoms with Gasteiger partial charge in [0.15, 0.2) is 0 Å². The van der Waals surface area contributed by atoms with E-state index >= 15 is 0 Å². The zero-order chi connectivity index (χ0) is 30.3. The molecule has 3 aromatic rings. The highest BCUT2D eigenvalue weighted by Gasteiger charge is 2.28. The normalized spacial score (nSPS) is 17.2. The van der Waals surface area contributed by atoms with Crippen LogP contribution < -0.4 is 10.6 Å². The molecule has 0 unspecified atom stereocenters. The van der Waals surface area contributed by atoms with Gasteiger partial charge in [-0.3, -0.25) is 0 Å². The van der Waals surface area contributed by atoms with Gasteiger partial charge in [0, 0.05) is 48.3 Å². The molecule has 226 valence electrons. The van der Waals surface area contributed by atoms with Crippen molar-refractivity contribution in [3.8, 4) is 10.6 Å². The lowest BCUT2D eigenvalue weighted by molar-refractivity contribution is 0.399. The predicted octanol–water partition coefficient (Wildman–Crippen LogP) is 7.09. The summed E-state index contributed by atoms with van der Waals surface area (Å²) < 4.78 is 2.32. The molecule has 7 nitrogen and oxygen atoms in total. The Labute approximate surface area is 259 Å². The molecule has 0 spiro atoms. The summed E-state index contributed by atoms with van der Waals surface area (Å²) in [7, 11) is 1.00. The van der Waals surface area contributed by atoms with Crippen molar-refractivity contribution >= 4 is 34.0 Å². The molecule has 0 aliphatic heterocycles. The lowest BCUT2D eigenvalue weighted by atomic mass is 10.1. The van der Waals surface area contributed by atoms with E-state index in [2.05, 4.69) is 62.6 Å². The first-order valence-electron chi connectivity index (χ1n) is 14.6. The molecule has 3 aromatic heterocycles. The number of hydrogen-bond acceptors (Lipinski definition) is 7. The van der Waals surface area contributed by atoms with Crippen molar-refractivity contribution in [3.05, 3.63) is 90.0 Å². The molecule has 42 heavy (non-hydrogen) atoms. The summed E-state index contributed by atoms with van der Waals surface area (Å²) in [5.74, 6) is 0.653. The minimum atomic E-state index is 0.282. The Morgan fingerprint density at radius 3 is 2.64 bits per heavy atom. The quantitative estimate of drug-likeness (QED) is 0.0914. The van der Waals surface area contributed by atoms with Crippen LogP contribution in [0.5, 0.6) is 0 Å². The molecule has 4 rings (SSSR count). The number of nitrogens with one attached hydrogen (secondary N) is 2. The Hall–Kier alpha value is -2.88. The number of aliphatic hydroxyl groups excluding tert-OH is 1. The van der Waals surface area contributed by atoms with Crippen LogP contribution >= 0.6 is 22.9 Å².